The molecule has 6 aromatic heterocycles. The van der Waals surface area contributed by atoms with E-state index in [1.807, 2.05) is 121 Å². The van der Waals surface area contributed by atoms with Gasteiger partial charge in [-0.2, -0.15) is 0 Å². The van der Waals surface area contributed by atoms with Gasteiger partial charge in [-0.15, -0.1) is 0 Å². The Labute approximate surface area is 780 Å². The number of rotatable bonds is 16. The molecule has 0 amide bonds. The minimum atomic E-state index is 0.675. The lowest BCUT2D eigenvalue weighted by Crippen LogP contribution is -1.96. The van der Waals surface area contributed by atoms with Gasteiger partial charge < -0.3 is 13.3 Å². The summed E-state index contributed by atoms with van der Waals surface area (Å²) in [5, 5.41) is 6.63. The predicted octanol–water partition coefficient (Wildman–Crippen LogP) is 33.8. The zero-order valence-electron chi connectivity index (χ0n) is 73.3. The van der Waals surface area contributed by atoms with E-state index in [-0.39, 0.29) is 0 Å². The van der Waals surface area contributed by atoms with Gasteiger partial charge in [-0.25, -0.2) is 29.9 Å². The number of furan rings is 3. The summed E-state index contributed by atoms with van der Waals surface area (Å²) in [5.41, 5.74) is 35.7. The van der Waals surface area contributed by atoms with E-state index in [0.717, 1.165) is 189 Å². The quantitative estimate of drug-likeness (QED) is 0.0932. The molecule has 0 aliphatic heterocycles. The summed E-state index contributed by atoms with van der Waals surface area (Å²) in [5.74, 6) is 2.05. The Morgan fingerprint density at radius 1 is 0.104 bits per heavy atom. The van der Waals surface area contributed by atoms with Crippen LogP contribution in [0.1, 0.15) is 0 Å². The molecule has 25 rings (SSSR count). The van der Waals surface area contributed by atoms with Gasteiger partial charge in [0.2, 0.25) is 0 Å². The molecule has 0 saturated carbocycles. The van der Waals surface area contributed by atoms with Gasteiger partial charge in [0.25, 0.3) is 0 Å². The number of para-hydroxylation sites is 3. The molecule has 0 aliphatic rings. The first-order valence-electron chi connectivity index (χ1n) is 45.3. The molecule has 19 aromatic carbocycles. The molecule has 25 aromatic rings. The number of benzene rings is 19. The van der Waals surface area contributed by atoms with E-state index < -0.39 is 0 Å². The van der Waals surface area contributed by atoms with Crippen molar-refractivity contribution in [2.45, 2.75) is 0 Å². The van der Waals surface area contributed by atoms with Crippen LogP contribution in [0.2, 0.25) is 0 Å². The lowest BCUT2D eigenvalue weighted by Gasteiger charge is -2.13. The summed E-state index contributed by atoms with van der Waals surface area (Å²) in [4.78, 5) is 30.5. The van der Waals surface area contributed by atoms with Gasteiger partial charge in [-0.05, 0) is 181 Å². The summed E-state index contributed by atoms with van der Waals surface area (Å²) in [6.45, 7) is 0. The zero-order chi connectivity index (χ0) is 89.8. The smallest absolute Gasteiger partial charge is 0.160 e. The molecule has 0 bridgehead atoms. The molecule has 0 saturated heterocycles. The maximum Gasteiger partial charge on any atom is 0.160 e. The second kappa shape index (κ2) is 36.4. The van der Waals surface area contributed by atoms with Crippen molar-refractivity contribution >= 4 is 65.8 Å². The third-order valence-electron chi connectivity index (χ3n) is 24.9. The first kappa shape index (κ1) is 81.3. The standard InChI is InChI=1S/C46H30N2O.2C40H26N2O/c1-3-10-31(11-4-1)33-18-22-35(23-19-33)42-30-43(39-26-27-41-40-16-7-8-17-44(40)49-45(41)29-39)48-46(47-42)36-24-20-34(21-25-36)38-15-9-14-37(28-38)32-12-5-2-6-13-32;1-4-12-27(13-5-1)31-22-32(28-14-6-2-7-15-28)24-33(23-31)37-26-36(41-40(42-37)29-16-8-3-9-17-29)30-20-21-35-34-18-10-11-19-38(34)43-39(35)25-30;1-3-10-27(11-4-1)28-18-20-29(21-19-28)31-14-9-15-32(24-31)36-26-37(42-40(41-36)30-12-5-2-6-13-30)33-22-23-35-34-16-7-8-17-38(34)43-39(35)25-33/h1-30H;2*1-26H. The van der Waals surface area contributed by atoms with Crippen molar-refractivity contribution in [3.05, 3.63) is 497 Å². The van der Waals surface area contributed by atoms with Crippen molar-refractivity contribution in [3.63, 3.8) is 0 Å². The van der Waals surface area contributed by atoms with Crippen LogP contribution in [-0.4, -0.2) is 29.9 Å². The summed E-state index contributed by atoms with van der Waals surface area (Å²) in [7, 11) is 0. The predicted molar refractivity (Wildman–Crippen MR) is 555 cm³/mol. The molecular formula is C126H82N6O3. The highest BCUT2D eigenvalue weighted by Crippen LogP contribution is 2.42. The van der Waals surface area contributed by atoms with E-state index in [2.05, 4.69) is 376 Å². The molecular weight excluding hydrogens is 1650 g/mol. The second-order valence-electron chi connectivity index (χ2n) is 33.6. The number of nitrogens with zero attached hydrogens (tertiary/aromatic N) is 6. The average molecular weight is 1730 g/mol. The molecule has 9 heteroatoms. The van der Waals surface area contributed by atoms with E-state index in [4.69, 9.17) is 43.2 Å². The highest BCUT2D eigenvalue weighted by Gasteiger charge is 2.21. The Morgan fingerprint density at radius 2 is 0.289 bits per heavy atom. The van der Waals surface area contributed by atoms with Crippen LogP contribution >= 0.6 is 0 Å². The maximum atomic E-state index is 6.25. The molecule has 0 aliphatic carbocycles. The van der Waals surface area contributed by atoms with Crippen LogP contribution in [0, 0.1) is 0 Å². The Kier molecular flexibility index (Phi) is 21.9. The normalized spacial score (nSPS) is 11.3. The van der Waals surface area contributed by atoms with Crippen molar-refractivity contribution in [2.24, 2.45) is 0 Å². The lowest BCUT2D eigenvalue weighted by atomic mass is 9.94. The molecule has 0 N–H and O–H groups in total. The van der Waals surface area contributed by atoms with Crippen LogP contribution in [0.15, 0.2) is 511 Å². The fourth-order valence-electron chi connectivity index (χ4n) is 17.9. The summed E-state index contributed by atoms with van der Waals surface area (Å²) < 4.78 is 18.7. The maximum absolute atomic E-state index is 6.25. The van der Waals surface area contributed by atoms with Crippen LogP contribution in [-0.2, 0) is 0 Å². The van der Waals surface area contributed by atoms with Crippen molar-refractivity contribution in [1.82, 2.24) is 29.9 Å². The van der Waals surface area contributed by atoms with Crippen LogP contribution in [0.25, 0.3) is 245 Å². The Bertz CT molecular complexity index is 8550. The van der Waals surface area contributed by atoms with E-state index in [9.17, 15) is 0 Å². The molecule has 0 unspecified atom stereocenters. The summed E-state index contributed by atoms with van der Waals surface area (Å²) in [6, 6.07) is 172. The van der Waals surface area contributed by atoms with Crippen molar-refractivity contribution in [2.75, 3.05) is 0 Å². The monoisotopic (exact) mass is 1730 g/mol. The van der Waals surface area contributed by atoms with Crippen molar-refractivity contribution in [3.8, 4) is 180 Å². The molecule has 0 radical (unpaired) electrons. The van der Waals surface area contributed by atoms with Gasteiger partial charge in [0.1, 0.15) is 33.5 Å². The van der Waals surface area contributed by atoms with E-state index in [0.29, 0.717) is 17.5 Å². The average Bonchev–Trinajstić information content (AvgIpc) is 1.68. The molecule has 0 fully saturated rings. The topological polar surface area (TPSA) is 117 Å². The summed E-state index contributed by atoms with van der Waals surface area (Å²) in [6.07, 6.45) is 0. The third kappa shape index (κ3) is 17.1. The fourth-order valence-corrected chi connectivity index (χ4v) is 17.9. The van der Waals surface area contributed by atoms with Crippen LogP contribution in [0.3, 0.4) is 0 Å². The Balaban J connectivity index is 0.000000114. The molecule has 0 atom stereocenters. The van der Waals surface area contributed by atoms with Crippen LogP contribution < -0.4 is 0 Å². The first-order chi connectivity index (χ1) is 66.8. The van der Waals surface area contributed by atoms with Gasteiger partial charge in [-0.1, -0.05) is 394 Å². The molecule has 9 nitrogen and oxygen atoms in total. The molecule has 6 heterocycles. The highest BCUT2D eigenvalue weighted by atomic mass is 16.3. The van der Waals surface area contributed by atoms with Gasteiger partial charge >= 0.3 is 0 Å². The number of hydrogen-bond donors (Lipinski definition) is 0. The highest BCUT2D eigenvalue weighted by molar-refractivity contribution is 6.08. The summed E-state index contributed by atoms with van der Waals surface area (Å²) >= 11 is 0. The number of hydrogen-bond acceptors (Lipinski definition) is 9. The van der Waals surface area contributed by atoms with Crippen molar-refractivity contribution < 1.29 is 13.3 Å². The van der Waals surface area contributed by atoms with Crippen LogP contribution in [0.5, 0.6) is 0 Å². The van der Waals surface area contributed by atoms with E-state index in [1.165, 1.54) is 38.9 Å². The van der Waals surface area contributed by atoms with E-state index in [1.54, 1.807) is 0 Å². The van der Waals surface area contributed by atoms with E-state index >= 15 is 0 Å². The van der Waals surface area contributed by atoms with Crippen LogP contribution in [0.4, 0.5) is 0 Å². The SMILES string of the molecule is c1ccc(-c2cc(-c3ccccc3)cc(-c3cc(-c4ccc5c(c4)oc4ccccc45)nc(-c4ccccc4)n3)c2)cc1.c1ccc(-c2ccc(-c3cc(-c4ccc5c(c4)oc4ccccc45)nc(-c4ccc(-c5cccc(-c6ccccc6)c5)cc4)n3)cc2)cc1.c1ccc(-c2ccc(-c3cccc(-c4cc(-c5ccc6c(c5)oc5ccccc56)nc(-c5ccccc5)n4)c3)cc2)cc1. The first-order valence-corrected chi connectivity index (χ1v) is 45.3. The second-order valence-corrected chi connectivity index (χ2v) is 33.6. The molecule has 135 heavy (non-hydrogen) atoms. The van der Waals surface area contributed by atoms with Gasteiger partial charge in [0, 0.05) is 82.4 Å². The van der Waals surface area contributed by atoms with Gasteiger partial charge in [-0.3, -0.25) is 0 Å². The van der Waals surface area contributed by atoms with Crippen molar-refractivity contribution in [1.29, 1.82) is 0 Å². The molecule has 0 spiro atoms. The zero-order valence-corrected chi connectivity index (χ0v) is 73.3. The number of aromatic nitrogens is 6. The van der Waals surface area contributed by atoms with Gasteiger partial charge in [0.05, 0.1) is 34.2 Å². The largest absolute Gasteiger partial charge is 0.456 e. The third-order valence-corrected chi connectivity index (χ3v) is 24.9. The fraction of sp³-hybridized carbons (Fsp3) is 0. The lowest BCUT2D eigenvalue weighted by molar-refractivity contribution is 0.668. The minimum Gasteiger partial charge on any atom is -0.456 e. The van der Waals surface area contributed by atoms with Gasteiger partial charge in [0.15, 0.2) is 17.5 Å². The Hall–Kier alpha value is -18.2. The number of fused-ring (bicyclic) bond motifs is 9. The Morgan fingerprint density at radius 3 is 0.622 bits per heavy atom. The molecule has 634 valence electrons. The minimum absolute atomic E-state index is 0.675.